The van der Waals surface area contributed by atoms with Gasteiger partial charge in [-0.05, 0) is 43.6 Å². The first-order valence-corrected chi connectivity index (χ1v) is 11.3. The van der Waals surface area contributed by atoms with Crippen LogP contribution in [0.4, 0.5) is 4.39 Å². The Morgan fingerprint density at radius 1 is 1.14 bits per heavy atom. The van der Waals surface area contributed by atoms with Crippen molar-refractivity contribution in [3.63, 3.8) is 0 Å². The first kappa shape index (κ1) is 19.5. The van der Waals surface area contributed by atoms with E-state index in [1.165, 1.54) is 11.8 Å². The number of amides is 2. The minimum absolute atomic E-state index is 0.137. The molecule has 28 heavy (non-hydrogen) atoms. The van der Waals surface area contributed by atoms with Gasteiger partial charge in [0, 0.05) is 44.3 Å². The molecule has 152 valence electrons. The molecular weight excluding hydrogens is 381 g/mol. The van der Waals surface area contributed by atoms with Gasteiger partial charge in [0.05, 0.1) is 5.75 Å². The first-order valence-electron chi connectivity index (χ1n) is 9.91. The molecule has 8 heteroatoms. The number of thioether (sulfide) groups is 1. The highest BCUT2D eigenvalue weighted by Crippen LogP contribution is 2.35. The number of alkyl halides is 1. The quantitative estimate of drug-likeness (QED) is 0.766. The highest BCUT2D eigenvalue weighted by atomic mass is 32.2. The molecule has 0 N–H and O–H groups in total. The number of carbonyl (C=O) groups excluding carboxylic acids is 2. The Balaban J connectivity index is 1.57. The second kappa shape index (κ2) is 7.89. The third-order valence-corrected chi connectivity index (χ3v) is 6.70. The van der Waals surface area contributed by atoms with Crippen molar-refractivity contribution in [3.8, 4) is 0 Å². The van der Waals surface area contributed by atoms with Crippen molar-refractivity contribution in [1.82, 2.24) is 14.4 Å². The Bertz CT molecular complexity index is 834. The molecule has 1 aromatic heterocycles. The lowest BCUT2D eigenvalue weighted by atomic mass is 9.83. The molecule has 0 saturated carbocycles. The molecule has 2 bridgehead atoms. The van der Waals surface area contributed by atoms with Crippen molar-refractivity contribution >= 4 is 23.6 Å². The van der Waals surface area contributed by atoms with E-state index in [4.69, 9.17) is 0 Å². The van der Waals surface area contributed by atoms with E-state index in [0.717, 1.165) is 12.1 Å². The van der Waals surface area contributed by atoms with Crippen LogP contribution in [0.15, 0.2) is 16.9 Å². The Morgan fingerprint density at radius 2 is 1.89 bits per heavy atom. The van der Waals surface area contributed by atoms with E-state index in [9.17, 15) is 18.8 Å². The fraction of sp³-hybridized carbons (Fsp3) is 0.650. The predicted octanol–water partition coefficient (Wildman–Crippen LogP) is 1.73. The molecule has 1 aromatic rings. The fourth-order valence-corrected chi connectivity index (χ4v) is 5.18. The van der Waals surface area contributed by atoms with E-state index in [2.05, 4.69) is 0 Å². The molecule has 3 aliphatic rings. The third-order valence-electron chi connectivity index (χ3n) is 6.17. The second-order valence-electron chi connectivity index (χ2n) is 8.08. The molecule has 0 aliphatic carbocycles. The molecule has 0 unspecified atom stereocenters. The number of nitrogens with zero attached hydrogens (tertiary/aromatic N) is 3. The average molecular weight is 408 g/mol. The number of aromatic nitrogens is 1. The van der Waals surface area contributed by atoms with Crippen LogP contribution in [0.3, 0.4) is 0 Å². The largest absolute Gasteiger partial charge is 0.341 e. The molecule has 3 aliphatic heterocycles. The molecule has 0 spiro atoms. The topological polar surface area (TPSA) is 62.6 Å². The van der Waals surface area contributed by atoms with Crippen LogP contribution in [0, 0.1) is 5.92 Å². The van der Waals surface area contributed by atoms with Crippen LogP contribution in [-0.4, -0.2) is 70.5 Å². The summed E-state index contributed by atoms with van der Waals surface area (Å²) in [6.45, 7) is 2.57. The summed E-state index contributed by atoms with van der Waals surface area (Å²) in [7, 11) is 0. The number of pyridine rings is 1. The van der Waals surface area contributed by atoms with Crippen LogP contribution >= 0.6 is 11.8 Å². The maximum Gasteiger partial charge on any atom is 0.263 e. The standard InChI is InChI=1S/C20H26FN3O3S/c1-28-12-18(25)23-9-13-8-14(11-23)17-3-2-16(20(27)24(17)10-13)19(26)22-6-4-15(21)5-7-22/h2-3,13-15H,4-12H2,1H3/t13-,14+/m0/s1. The normalized spacial score (nSPS) is 24.8. The molecule has 0 aromatic carbocycles. The van der Waals surface area contributed by atoms with Crippen molar-refractivity contribution in [1.29, 1.82) is 0 Å². The van der Waals surface area contributed by atoms with Crippen molar-refractivity contribution in [2.45, 2.75) is 37.9 Å². The highest BCUT2D eigenvalue weighted by molar-refractivity contribution is 7.99. The van der Waals surface area contributed by atoms with E-state index in [0.29, 0.717) is 51.3 Å². The summed E-state index contributed by atoms with van der Waals surface area (Å²) in [4.78, 5) is 41.7. The zero-order valence-corrected chi connectivity index (χ0v) is 16.9. The van der Waals surface area contributed by atoms with Gasteiger partial charge < -0.3 is 14.4 Å². The van der Waals surface area contributed by atoms with Gasteiger partial charge in [0.15, 0.2) is 0 Å². The summed E-state index contributed by atoms with van der Waals surface area (Å²) >= 11 is 1.53. The number of fused-ring (bicyclic) bond motifs is 4. The van der Waals surface area contributed by atoms with Gasteiger partial charge in [-0.3, -0.25) is 14.4 Å². The summed E-state index contributed by atoms with van der Waals surface area (Å²) < 4.78 is 15.1. The minimum atomic E-state index is -0.857. The average Bonchev–Trinajstić information content (AvgIpc) is 2.69. The second-order valence-corrected chi connectivity index (χ2v) is 8.95. The van der Waals surface area contributed by atoms with Gasteiger partial charge in [0.2, 0.25) is 5.91 Å². The highest BCUT2D eigenvalue weighted by Gasteiger charge is 2.37. The van der Waals surface area contributed by atoms with Gasteiger partial charge >= 0.3 is 0 Å². The molecule has 2 atom stereocenters. The van der Waals surface area contributed by atoms with Gasteiger partial charge in [-0.2, -0.15) is 11.8 Å². The summed E-state index contributed by atoms with van der Waals surface area (Å²) in [6, 6.07) is 3.50. The smallest absolute Gasteiger partial charge is 0.263 e. The zero-order valence-electron chi connectivity index (χ0n) is 16.1. The zero-order chi connectivity index (χ0) is 19.8. The van der Waals surface area contributed by atoms with E-state index in [1.807, 2.05) is 17.2 Å². The molecule has 4 rings (SSSR count). The molecule has 2 fully saturated rings. The first-order chi connectivity index (χ1) is 13.5. The summed E-state index contributed by atoms with van der Waals surface area (Å²) in [6.07, 6.45) is 2.71. The number of carbonyl (C=O) groups is 2. The Labute approximate surface area is 168 Å². The Hall–Kier alpha value is -1.83. The van der Waals surface area contributed by atoms with E-state index < -0.39 is 6.17 Å². The van der Waals surface area contributed by atoms with Gasteiger partial charge in [-0.1, -0.05) is 0 Å². The molecule has 6 nitrogen and oxygen atoms in total. The van der Waals surface area contributed by atoms with Crippen LogP contribution in [0.5, 0.6) is 0 Å². The summed E-state index contributed by atoms with van der Waals surface area (Å²) in [5.41, 5.74) is 0.849. The fourth-order valence-electron chi connectivity index (χ4n) is 4.75. The maximum absolute atomic E-state index is 13.4. The van der Waals surface area contributed by atoms with Crippen molar-refractivity contribution < 1.29 is 14.0 Å². The minimum Gasteiger partial charge on any atom is -0.341 e. The number of halogens is 1. The molecule has 4 heterocycles. The number of piperidine rings is 2. The van der Waals surface area contributed by atoms with Gasteiger partial charge in [-0.15, -0.1) is 0 Å². The van der Waals surface area contributed by atoms with Gasteiger partial charge in [0.25, 0.3) is 11.5 Å². The third kappa shape index (κ3) is 3.58. The van der Waals surface area contributed by atoms with E-state index in [-0.39, 0.29) is 34.8 Å². The van der Waals surface area contributed by atoms with Crippen LogP contribution in [-0.2, 0) is 11.3 Å². The lowest BCUT2D eigenvalue weighted by Crippen LogP contribution is -2.50. The van der Waals surface area contributed by atoms with Gasteiger partial charge in [-0.25, -0.2) is 4.39 Å². The van der Waals surface area contributed by atoms with Gasteiger partial charge in [0.1, 0.15) is 11.7 Å². The molecule has 2 saturated heterocycles. The number of rotatable bonds is 3. The monoisotopic (exact) mass is 407 g/mol. The summed E-state index contributed by atoms with van der Waals surface area (Å²) in [5, 5.41) is 0. The molecule has 2 amide bonds. The van der Waals surface area contributed by atoms with Crippen LogP contribution in [0.1, 0.15) is 41.2 Å². The lowest BCUT2D eigenvalue weighted by molar-refractivity contribution is -0.131. The number of hydrogen-bond acceptors (Lipinski definition) is 4. The van der Waals surface area contributed by atoms with Crippen LogP contribution in [0.2, 0.25) is 0 Å². The van der Waals surface area contributed by atoms with Crippen molar-refractivity contribution in [2.24, 2.45) is 5.92 Å². The van der Waals surface area contributed by atoms with Crippen LogP contribution in [0.25, 0.3) is 0 Å². The Morgan fingerprint density at radius 3 is 2.61 bits per heavy atom. The maximum atomic E-state index is 13.4. The predicted molar refractivity (Wildman–Crippen MR) is 107 cm³/mol. The number of likely N-dealkylation sites (tertiary alicyclic amines) is 2. The lowest BCUT2D eigenvalue weighted by Gasteiger charge is -2.43. The Kier molecular flexibility index (Phi) is 5.49. The summed E-state index contributed by atoms with van der Waals surface area (Å²) in [5.74, 6) is 0.718. The van der Waals surface area contributed by atoms with E-state index >= 15 is 0 Å². The number of hydrogen-bond donors (Lipinski definition) is 0. The molecular formula is C20H26FN3O3S. The van der Waals surface area contributed by atoms with Crippen LogP contribution < -0.4 is 5.56 Å². The molecule has 0 radical (unpaired) electrons. The van der Waals surface area contributed by atoms with Crippen molar-refractivity contribution in [2.75, 3.05) is 38.2 Å². The van der Waals surface area contributed by atoms with E-state index in [1.54, 1.807) is 15.5 Å². The SMILES string of the molecule is CSCC(=O)N1C[C@@H]2C[C@H](C1)c1ccc(C(=O)N3CCC(F)CC3)c(=O)n1C2. The van der Waals surface area contributed by atoms with Crippen molar-refractivity contribution in [3.05, 3.63) is 33.7 Å².